The summed E-state index contributed by atoms with van der Waals surface area (Å²) in [5, 5.41) is 0. The molecule has 0 saturated heterocycles. The van der Waals surface area contributed by atoms with Gasteiger partial charge < -0.3 is 9.80 Å². The van der Waals surface area contributed by atoms with Gasteiger partial charge in [0.2, 0.25) is 0 Å². The maximum absolute atomic E-state index is 2.28. The van der Waals surface area contributed by atoms with Crippen LogP contribution in [0, 0.1) is 0 Å². The normalized spacial score (nSPS) is 11.2. The summed E-state index contributed by atoms with van der Waals surface area (Å²) in [6, 6.07) is 0. The molecular weight excluding hydrogens is 364 g/mol. The van der Waals surface area contributed by atoms with E-state index < -0.39 is 0 Å². The Bertz CT molecular complexity index is 248. The molecule has 0 spiro atoms. The summed E-state index contributed by atoms with van der Waals surface area (Å²) >= 11 is 0. The first-order valence-corrected chi connectivity index (χ1v) is 13.8. The smallest absolute Gasteiger partial charge is 0.00248 e. The standard InChI is InChI=1S/2C14H31N/c2*1-4-5-6-7-8-9-10-11-12-13-14-15(2)3/h2*4-14H2,1-3H3. The molecule has 30 heavy (non-hydrogen) atoms. The number of hydrogen-bond acceptors (Lipinski definition) is 2. The Morgan fingerprint density at radius 3 is 0.700 bits per heavy atom. The molecule has 0 aromatic carbocycles. The molecule has 0 fully saturated rings. The third-order valence-electron chi connectivity index (χ3n) is 5.92. The van der Waals surface area contributed by atoms with E-state index in [1.165, 1.54) is 142 Å². The van der Waals surface area contributed by atoms with Crippen molar-refractivity contribution in [2.75, 3.05) is 41.3 Å². The maximum Gasteiger partial charge on any atom is -0.00248 e. The predicted octanol–water partition coefficient (Wildman–Crippen LogP) is 8.94. The lowest BCUT2D eigenvalue weighted by molar-refractivity contribution is 0.389. The summed E-state index contributed by atoms with van der Waals surface area (Å²) < 4.78 is 0. The highest BCUT2D eigenvalue weighted by molar-refractivity contribution is 4.50. The molecule has 0 atom stereocenters. The lowest BCUT2D eigenvalue weighted by atomic mass is 10.1. The van der Waals surface area contributed by atoms with Gasteiger partial charge in [0, 0.05) is 0 Å². The van der Waals surface area contributed by atoms with Crippen molar-refractivity contribution >= 4 is 0 Å². The van der Waals surface area contributed by atoms with Crippen molar-refractivity contribution in [1.29, 1.82) is 0 Å². The summed E-state index contributed by atoms with van der Waals surface area (Å²) in [5.74, 6) is 0. The van der Waals surface area contributed by atoms with Gasteiger partial charge in [-0.2, -0.15) is 0 Å². The minimum absolute atomic E-state index is 1.26. The third kappa shape index (κ3) is 35.4. The van der Waals surface area contributed by atoms with Crippen LogP contribution in [0.4, 0.5) is 0 Å². The fourth-order valence-electron chi connectivity index (χ4n) is 3.83. The first kappa shape index (κ1) is 32.1. The van der Waals surface area contributed by atoms with E-state index in [4.69, 9.17) is 0 Å². The first-order chi connectivity index (χ1) is 14.5. The van der Waals surface area contributed by atoms with Gasteiger partial charge in [-0.3, -0.25) is 0 Å². The zero-order chi connectivity index (χ0) is 22.7. The van der Waals surface area contributed by atoms with Crippen LogP contribution in [0.2, 0.25) is 0 Å². The molecule has 0 aliphatic heterocycles. The van der Waals surface area contributed by atoms with E-state index in [9.17, 15) is 0 Å². The largest absolute Gasteiger partial charge is 0.309 e. The Morgan fingerprint density at radius 1 is 0.300 bits per heavy atom. The quantitative estimate of drug-likeness (QED) is 0.159. The Labute approximate surface area is 193 Å². The van der Waals surface area contributed by atoms with Gasteiger partial charge in [-0.25, -0.2) is 0 Å². The highest BCUT2D eigenvalue weighted by atomic mass is 15.0. The van der Waals surface area contributed by atoms with E-state index in [0.717, 1.165) is 0 Å². The minimum atomic E-state index is 1.26. The van der Waals surface area contributed by atoms with E-state index in [2.05, 4.69) is 51.8 Å². The molecule has 0 radical (unpaired) electrons. The van der Waals surface area contributed by atoms with Crippen molar-refractivity contribution in [3.63, 3.8) is 0 Å². The molecule has 0 bridgehead atoms. The van der Waals surface area contributed by atoms with Crippen molar-refractivity contribution in [2.24, 2.45) is 0 Å². The molecule has 0 aliphatic rings. The van der Waals surface area contributed by atoms with Gasteiger partial charge in [0.15, 0.2) is 0 Å². The number of unbranched alkanes of at least 4 members (excludes halogenated alkanes) is 18. The second kappa shape index (κ2) is 28.9. The average molecular weight is 427 g/mol. The van der Waals surface area contributed by atoms with Crippen LogP contribution < -0.4 is 0 Å². The highest BCUT2D eigenvalue weighted by Crippen LogP contribution is 2.11. The second-order valence-corrected chi connectivity index (χ2v) is 9.97. The molecule has 0 aliphatic carbocycles. The fourth-order valence-corrected chi connectivity index (χ4v) is 3.83. The van der Waals surface area contributed by atoms with Crippen molar-refractivity contribution in [3.8, 4) is 0 Å². The van der Waals surface area contributed by atoms with Crippen LogP contribution in [-0.4, -0.2) is 51.1 Å². The van der Waals surface area contributed by atoms with Crippen LogP contribution in [0.3, 0.4) is 0 Å². The van der Waals surface area contributed by atoms with Crippen molar-refractivity contribution < 1.29 is 0 Å². The zero-order valence-electron chi connectivity index (χ0n) is 22.5. The molecule has 0 unspecified atom stereocenters. The Hall–Kier alpha value is -0.0800. The highest BCUT2D eigenvalue weighted by Gasteiger charge is 1.94. The summed E-state index contributed by atoms with van der Waals surface area (Å²) in [7, 11) is 8.64. The molecule has 2 heteroatoms. The lowest BCUT2D eigenvalue weighted by Crippen LogP contribution is -2.12. The number of rotatable bonds is 22. The fraction of sp³-hybridized carbons (Fsp3) is 1.00. The predicted molar refractivity (Wildman–Crippen MR) is 141 cm³/mol. The van der Waals surface area contributed by atoms with Gasteiger partial charge in [0.05, 0.1) is 0 Å². The number of nitrogens with zero attached hydrogens (tertiary/aromatic N) is 2. The van der Waals surface area contributed by atoms with Crippen LogP contribution in [0.5, 0.6) is 0 Å². The average Bonchev–Trinajstić information content (AvgIpc) is 2.71. The van der Waals surface area contributed by atoms with E-state index in [1.807, 2.05) is 0 Å². The van der Waals surface area contributed by atoms with Crippen LogP contribution in [0.15, 0.2) is 0 Å². The zero-order valence-corrected chi connectivity index (χ0v) is 22.5. The molecule has 184 valence electrons. The Balaban J connectivity index is 0. The molecule has 0 amide bonds. The third-order valence-corrected chi connectivity index (χ3v) is 5.92. The van der Waals surface area contributed by atoms with Gasteiger partial charge in [-0.1, -0.05) is 129 Å². The van der Waals surface area contributed by atoms with Crippen LogP contribution in [-0.2, 0) is 0 Å². The molecule has 0 rings (SSSR count). The van der Waals surface area contributed by atoms with Gasteiger partial charge in [0.1, 0.15) is 0 Å². The maximum atomic E-state index is 2.28. The van der Waals surface area contributed by atoms with Gasteiger partial charge in [-0.05, 0) is 54.1 Å². The van der Waals surface area contributed by atoms with E-state index >= 15 is 0 Å². The summed E-state index contributed by atoms with van der Waals surface area (Å²) in [5.41, 5.74) is 0. The number of hydrogen-bond donors (Lipinski definition) is 0. The van der Waals surface area contributed by atoms with Crippen LogP contribution in [0.25, 0.3) is 0 Å². The lowest BCUT2D eigenvalue weighted by Gasteiger charge is -2.08. The Morgan fingerprint density at radius 2 is 0.500 bits per heavy atom. The van der Waals surface area contributed by atoms with Gasteiger partial charge >= 0.3 is 0 Å². The van der Waals surface area contributed by atoms with Crippen molar-refractivity contribution in [1.82, 2.24) is 9.80 Å². The molecule has 0 heterocycles. The Kier molecular flexibility index (Phi) is 30.9. The summed E-state index contributed by atoms with van der Waals surface area (Å²) in [4.78, 5) is 4.56. The van der Waals surface area contributed by atoms with E-state index in [1.54, 1.807) is 0 Å². The molecule has 0 N–H and O–H groups in total. The molecular formula is C28H62N2. The van der Waals surface area contributed by atoms with Crippen molar-refractivity contribution in [3.05, 3.63) is 0 Å². The topological polar surface area (TPSA) is 6.48 Å². The molecule has 0 aromatic rings. The molecule has 0 aromatic heterocycles. The molecule has 0 saturated carbocycles. The second-order valence-electron chi connectivity index (χ2n) is 9.97. The monoisotopic (exact) mass is 426 g/mol. The van der Waals surface area contributed by atoms with Gasteiger partial charge in [-0.15, -0.1) is 0 Å². The van der Waals surface area contributed by atoms with Crippen LogP contribution >= 0.6 is 0 Å². The minimum Gasteiger partial charge on any atom is -0.309 e. The van der Waals surface area contributed by atoms with Crippen molar-refractivity contribution in [2.45, 2.75) is 142 Å². The SMILES string of the molecule is CCCCCCCCCCCCN(C)C.CCCCCCCCCCCCN(C)C. The first-order valence-electron chi connectivity index (χ1n) is 13.8. The van der Waals surface area contributed by atoms with E-state index in [0.29, 0.717) is 0 Å². The summed E-state index contributed by atoms with van der Waals surface area (Å²) in [6.45, 7) is 7.09. The van der Waals surface area contributed by atoms with Crippen LogP contribution in [0.1, 0.15) is 142 Å². The van der Waals surface area contributed by atoms with Gasteiger partial charge in [0.25, 0.3) is 0 Å². The van der Waals surface area contributed by atoms with E-state index in [-0.39, 0.29) is 0 Å². The summed E-state index contributed by atoms with van der Waals surface area (Å²) in [6.07, 6.45) is 28.7. The molecule has 2 nitrogen and oxygen atoms in total.